The van der Waals surface area contributed by atoms with Crippen molar-refractivity contribution in [1.29, 1.82) is 0 Å². The quantitative estimate of drug-likeness (QED) is 0.770. The molecule has 0 radical (unpaired) electrons. The summed E-state index contributed by atoms with van der Waals surface area (Å²) >= 11 is 0. The second kappa shape index (κ2) is 7.51. The van der Waals surface area contributed by atoms with Crippen molar-refractivity contribution in [3.05, 3.63) is 0 Å². The first kappa shape index (κ1) is 16.0. The molecule has 0 aromatic heterocycles. The lowest BCUT2D eigenvalue weighted by Gasteiger charge is -2.39. The van der Waals surface area contributed by atoms with Crippen LogP contribution in [0.4, 0.5) is 0 Å². The highest BCUT2D eigenvalue weighted by Gasteiger charge is 2.37. The summed E-state index contributed by atoms with van der Waals surface area (Å²) in [6, 6.07) is -0.654. The molecule has 1 N–H and O–H groups in total. The number of nitrogens with one attached hydrogen (secondary N) is 1. The number of hydrogen-bond donors (Lipinski definition) is 1. The summed E-state index contributed by atoms with van der Waals surface area (Å²) in [5, 5.41) is 2.80. The Morgan fingerprint density at radius 1 is 1.26 bits per heavy atom. The van der Waals surface area contributed by atoms with Crippen molar-refractivity contribution in [3.8, 4) is 0 Å². The van der Waals surface area contributed by atoms with Gasteiger partial charge in [-0.15, -0.1) is 0 Å². The van der Waals surface area contributed by atoms with Gasteiger partial charge in [0.25, 0.3) is 0 Å². The summed E-state index contributed by atoms with van der Waals surface area (Å²) in [6.45, 7) is 8.83. The minimum absolute atomic E-state index is 0.0169. The minimum atomic E-state index is -0.328. The minimum Gasteiger partial charge on any atom is -0.343 e. The normalized spacial score (nSPS) is 25.4. The standard InChI is InChI=1S/C15H28N2O2/c1-5-8-9-12(6-2)10-17-11(4)14(18)16-13(7-3)15(17)19/h11-13H,5-10H2,1-4H3,(H,16,18). The largest absolute Gasteiger partial charge is 0.343 e. The Kier molecular flexibility index (Phi) is 6.32. The fourth-order valence-electron chi connectivity index (χ4n) is 2.61. The smallest absolute Gasteiger partial charge is 0.245 e. The maximum absolute atomic E-state index is 12.3. The lowest BCUT2D eigenvalue weighted by molar-refractivity contribution is -0.149. The molecule has 19 heavy (non-hydrogen) atoms. The van der Waals surface area contributed by atoms with Crippen molar-refractivity contribution in [1.82, 2.24) is 10.2 Å². The van der Waals surface area contributed by atoms with E-state index in [1.54, 1.807) is 4.90 Å². The van der Waals surface area contributed by atoms with Gasteiger partial charge < -0.3 is 10.2 Å². The third kappa shape index (κ3) is 3.95. The van der Waals surface area contributed by atoms with Crippen LogP contribution in [0.25, 0.3) is 0 Å². The highest BCUT2D eigenvalue weighted by molar-refractivity contribution is 5.96. The van der Waals surface area contributed by atoms with Crippen LogP contribution in [0.1, 0.15) is 59.8 Å². The Morgan fingerprint density at radius 2 is 1.95 bits per heavy atom. The maximum atomic E-state index is 12.3. The van der Waals surface area contributed by atoms with Crippen LogP contribution in [0.15, 0.2) is 0 Å². The van der Waals surface area contributed by atoms with E-state index in [0.29, 0.717) is 12.3 Å². The number of piperazine rings is 1. The fraction of sp³-hybridized carbons (Fsp3) is 0.867. The van der Waals surface area contributed by atoms with Crippen LogP contribution < -0.4 is 5.32 Å². The SMILES string of the molecule is CCCCC(CC)CN1C(=O)C(CC)NC(=O)C1C. The first-order valence-corrected chi connectivity index (χ1v) is 7.65. The number of unbranched alkanes of at least 4 members (excludes halogenated alkanes) is 1. The van der Waals surface area contributed by atoms with E-state index in [0.717, 1.165) is 19.4 Å². The summed E-state index contributed by atoms with van der Waals surface area (Å²) in [5.74, 6) is 0.580. The van der Waals surface area contributed by atoms with E-state index >= 15 is 0 Å². The molecule has 1 aliphatic rings. The first-order chi connectivity index (χ1) is 9.04. The molecule has 1 rings (SSSR count). The van der Waals surface area contributed by atoms with Crippen molar-refractivity contribution in [3.63, 3.8) is 0 Å². The summed E-state index contributed by atoms with van der Waals surface area (Å²) in [6.07, 6.45) is 5.24. The molecule has 0 saturated carbocycles. The van der Waals surface area contributed by atoms with E-state index in [4.69, 9.17) is 0 Å². The predicted molar refractivity (Wildman–Crippen MR) is 76.7 cm³/mol. The van der Waals surface area contributed by atoms with Gasteiger partial charge in [0.2, 0.25) is 11.8 Å². The number of carbonyl (C=O) groups excluding carboxylic acids is 2. The van der Waals surface area contributed by atoms with E-state index in [1.807, 2.05) is 13.8 Å². The fourth-order valence-corrected chi connectivity index (χ4v) is 2.61. The van der Waals surface area contributed by atoms with Gasteiger partial charge in [0, 0.05) is 6.54 Å². The average molecular weight is 268 g/mol. The molecule has 2 amide bonds. The van der Waals surface area contributed by atoms with E-state index in [1.165, 1.54) is 12.8 Å². The Hall–Kier alpha value is -1.06. The molecule has 0 spiro atoms. The molecule has 4 heteroatoms. The zero-order valence-electron chi connectivity index (χ0n) is 12.7. The number of nitrogens with zero attached hydrogens (tertiary/aromatic N) is 1. The van der Waals surface area contributed by atoms with Crippen molar-refractivity contribution in [2.45, 2.75) is 71.9 Å². The molecule has 4 nitrogen and oxygen atoms in total. The molecule has 0 aromatic rings. The predicted octanol–water partition coefficient (Wildman–Crippen LogP) is 2.33. The van der Waals surface area contributed by atoms with Crippen molar-refractivity contribution < 1.29 is 9.59 Å². The van der Waals surface area contributed by atoms with E-state index in [-0.39, 0.29) is 23.9 Å². The summed E-state index contributed by atoms with van der Waals surface area (Å²) in [5.41, 5.74) is 0. The lowest BCUT2D eigenvalue weighted by Crippen LogP contribution is -2.62. The van der Waals surface area contributed by atoms with Gasteiger partial charge in [0.15, 0.2) is 0 Å². The van der Waals surface area contributed by atoms with Crippen LogP contribution in [0.2, 0.25) is 0 Å². The monoisotopic (exact) mass is 268 g/mol. The Balaban J connectivity index is 2.71. The van der Waals surface area contributed by atoms with Gasteiger partial charge >= 0.3 is 0 Å². The highest BCUT2D eigenvalue weighted by atomic mass is 16.2. The third-order valence-electron chi connectivity index (χ3n) is 4.15. The lowest BCUT2D eigenvalue weighted by atomic mass is 9.96. The Morgan fingerprint density at radius 3 is 2.47 bits per heavy atom. The van der Waals surface area contributed by atoms with Crippen molar-refractivity contribution >= 4 is 11.8 Å². The summed E-state index contributed by atoms with van der Waals surface area (Å²) in [4.78, 5) is 26.0. The van der Waals surface area contributed by atoms with Gasteiger partial charge in [-0.1, -0.05) is 40.0 Å². The van der Waals surface area contributed by atoms with Crippen LogP contribution >= 0.6 is 0 Å². The van der Waals surface area contributed by atoms with Gasteiger partial charge in [-0.05, 0) is 25.7 Å². The molecule has 1 saturated heterocycles. The molecule has 0 aliphatic carbocycles. The molecular weight excluding hydrogens is 240 g/mol. The van der Waals surface area contributed by atoms with Crippen molar-refractivity contribution in [2.75, 3.05) is 6.54 Å². The number of rotatable bonds is 7. The Bertz CT molecular complexity index is 317. The molecule has 3 atom stereocenters. The van der Waals surface area contributed by atoms with Crippen molar-refractivity contribution in [2.24, 2.45) is 5.92 Å². The molecule has 0 aromatic carbocycles. The van der Waals surface area contributed by atoms with E-state index < -0.39 is 0 Å². The molecule has 110 valence electrons. The summed E-state index contributed by atoms with van der Waals surface area (Å²) < 4.78 is 0. The van der Waals surface area contributed by atoms with Gasteiger partial charge in [0.1, 0.15) is 12.1 Å². The van der Waals surface area contributed by atoms with Gasteiger partial charge in [-0.25, -0.2) is 0 Å². The maximum Gasteiger partial charge on any atom is 0.245 e. The molecule has 1 fully saturated rings. The molecule has 1 heterocycles. The topological polar surface area (TPSA) is 49.4 Å². The third-order valence-corrected chi connectivity index (χ3v) is 4.15. The van der Waals surface area contributed by atoms with Gasteiger partial charge in [-0.2, -0.15) is 0 Å². The molecule has 1 aliphatic heterocycles. The number of hydrogen-bond acceptors (Lipinski definition) is 2. The van der Waals surface area contributed by atoms with E-state index in [2.05, 4.69) is 19.2 Å². The van der Waals surface area contributed by atoms with Crippen LogP contribution in [-0.4, -0.2) is 35.3 Å². The second-order valence-electron chi connectivity index (χ2n) is 5.55. The zero-order chi connectivity index (χ0) is 14.4. The van der Waals surface area contributed by atoms with Gasteiger partial charge in [0.05, 0.1) is 0 Å². The summed E-state index contributed by atoms with van der Waals surface area (Å²) in [7, 11) is 0. The van der Waals surface area contributed by atoms with E-state index in [9.17, 15) is 9.59 Å². The molecule has 0 bridgehead atoms. The van der Waals surface area contributed by atoms with Crippen LogP contribution in [0.5, 0.6) is 0 Å². The first-order valence-electron chi connectivity index (χ1n) is 7.65. The van der Waals surface area contributed by atoms with Crippen LogP contribution in [-0.2, 0) is 9.59 Å². The Labute approximate surface area is 116 Å². The van der Waals surface area contributed by atoms with Crippen LogP contribution in [0, 0.1) is 5.92 Å². The second-order valence-corrected chi connectivity index (χ2v) is 5.55. The zero-order valence-corrected chi connectivity index (χ0v) is 12.7. The van der Waals surface area contributed by atoms with Crippen LogP contribution in [0.3, 0.4) is 0 Å². The average Bonchev–Trinajstić information content (AvgIpc) is 2.42. The number of carbonyl (C=O) groups is 2. The highest BCUT2D eigenvalue weighted by Crippen LogP contribution is 2.19. The molecular formula is C15H28N2O2. The molecule has 3 unspecified atom stereocenters. The van der Waals surface area contributed by atoms with Gasteiger partial charge in [-0.3, -0.25) is 9.59 Å². The number of amides is 2.